The SMILES string of the molecule is Cc1ccc(Br)c(N2CC(Cl)CC2=O)c1. The van der Waals surface area contributed by atoms with Gasteiger partial charge in [0.1, 0.15) is 0 Å². The summed E-state index contributed by atoms with van der Waals surface area (Å²) in [6.07, 6.45) is 0.432. The van der Waals surface area contributed by atoms with E-state index in [2.05, 4.69) is 15.9 Å². The Labute approximate surface area is 102 Å². The van der Waals surface area contributed by atoms with Gasteiger partial charge in [0.15, 0.2) is 0 Å². The number of alkyl halides is 1. The van der Waals surface area contributed by atoms with Crippen molar-refractivity contribution in [2.75, 3.05) is 11.4 Å². The van der Waals surface area contributed by atoms with Crippen LogP contribution in [0.15, 0.2) is 22.7 Å². The maximum Gasteiger partial charge on any atom is 0.228 e. The van der Waals surface area contributed by atoms with E-state index in [9.17, 15) is 4.79 Å². The maximum atomic E-state index is 11.7. The van der Waals surface area contributed by atoms with E-state index in [0.717, 1.165) is 15.7 Å². The smallest absolute Gasteiger partial charge is 0.228 e. The summed E-state index contributed by atoms with van der Waals surface area (Å²) in [4.78, 5) is 13.4. The van der Waals surface area contributed by atoms with Crippen LogP contribution in [0.1, 0.15) is 12.0 Å². The van der Waals surface area contributed by atoms with Crippen molar-refractivity contribution < 1.29 is 4.79 Å². The summed E-state index contributed by atoms with van der Waals surface area (Å²) in [6.45, 7) is 2.61. The third-order valence-corrected chi connectivity index (χ3v) is 3.43. The zero-order valence-electron chi connectivity index (χ0n) is 8.34. The van der Waals surface area contributed by atoms with E-state index in [1.54, 1.807) is 4.90 Å². The van der Waals surface area contributed by atoms with Crippen LogP contribution in [0.3, 0.4) is 0 Å². The molecule has 4 heteroatoms. The van der Waals surface area contributed by atoms with Gasteiger partial charge in [0, 0.05) is 17.4 Å². The molecule has 1 aliphatic heterocycles. The van der Waals surface area contributed by atoms with E-state index in [-0.39, 0.29) is 11.3 Å². The highest BCUT2D eigenvalue weighted by Crippen LogP contribution is 2.31. The summed E-state index contributed by atoms with van der Waals surface area (Å²) in [5, 5.41) is -0.0649. The normalized spacial score (nSPS) is 21.1. The molecule has 0 spiro atoms. The van der Waals surface area contributed by atoms with Crippen molar-refractivity contribution in [3.63, 3.8) is 0 Å². The maximum absolute atomic E-state index is 11.7. The van der Waals surface area contributed by atoms with Crippen LogP contribution in [0.5, 0.6) is 0 Å². The van der Waals surface area contributed by atoms with E-state index in [4.69, 9.17) is 11.6 Å². The van der Waals surface area contributed by atoms with E-state index in [1.165, 1.54) is 0 Å². The van der Waals surface area contributed by atoms with Crippen molar-refractivity contribution >= 4 is 39.1 Å². The second kappa shape index (κ2) is 4.14. The molecule has 1 amide bonds. The zero-order valence-corrected chi connectivity index (χ0v) is 10.7. The second-order valence-electron chi connectivity index (χ2n) is 3.76. The minimum absolute atomic E-state index is 0.0649. The van der Waals surface area contributed by atoms with Crippen molar-refractivity contribution in [1.29, 1.82) is 0 Å². The third-order valence-electron chi connectivity index (χ3n) is 2.47. The first-order valence-electron chi connectivity index (χ1n) is 4.78. The molecule has 1 heterocycles. The Bertz CT molecular complexity index is 408. The summed E-state index contributed by atoms with van der Waals surface area (Å²) in [7, 11) is 0. The molecular formula is C11H11BrClNO. The Balaban J connectivity index is 2.37. The fraction of sp³-hybridized carbons (Fsp3) is 0.364. The molecule has 1 aromatic carbocycles. The number of amides is 1. The second-order valence-corrected chi connectivity index (χ2v) is 5.23. The molecule has 2 nitrogen and oxygen atoms in total. The lowest BCUT2D eigenvalue weighted by Crippen LogP contribution is -2.25. The van der Waals surface area contributed by atoms with Crippen molar-refractivity contribution in [2.45, 2.75) is 18.7 Å². The molecule has 1 aromatic rings. The van der Waals surface area contributed by atoms with Gasteiger partial charge in [0.25, 0.3) is 0 Å². The first kappa shape index (κ1) is 11.0. The number of carbonyl (C=O) groups excluding carboxylic acids is 1. The molecule has 0 aromatic heterocycles. The summed E-state index contributed by atoms with van der Waals surface area (Å²) in [5.41, 5.74) is 2.06. The summed E-state index contributed by atoms with van der Waals surface area (Å²) < 4.78 is 0.937. The van der Waals surface area contributed by atoms with E-state index in [1.807, 2.05) is 25.1 Å². The lowest BCUT2D eigenvalue weighted by molar-refractivity contribution is -0.117. The molecule has 1 atom stereocenters. The molecule has 0 bridgehead atoms. The largest absolute Gasteiger partial charge is 0.310 e. The quantitative estimate of drug-likeness (QED) is 0.727. The lowest BCUT2D eigenvalue weighted by Gasteiger charge is -2.18. The molecule has 1 unspecified atom stereocenters. The summed E-state index contributed by atoms with van der Waals surface area (Å²) >= 11 is 9.42. The van der Waals surface area contributed by atoms with Gasteiger partial charge in [0.2, 0.25) is 5.91 Å². The van der Waals surface area contributed by atoms with Crippen LogP contribution in [0.2, 0.25) is 0 Å². The Morgan fingerprint density at radius 1 is 1.53 bits per heavy atom. The van der Waals surface area contributed by atoms with Crippen LogP contribution in [0.25, 0.3) is 0 Å². The van der Waals surface area contributed by atoms with Crippen LogP contribution in [-0.2, 0) is 4.79 Å². The monoisotopic (exact) mass is 287 g/mol. The molecule has 1 aliphatic rings. The number of nitrogens with zero attached hydrogens (tertiary/aromatic N) is 1. The number of rotatable bonds is 1. The first-order chi connectivity index (χ1) is 7.08. The molecule has 1 saturated heterocycles. The molecule has 0 saturated carbocycles. The fourth-order valence-corrected chi connectivity index (χ4v) is 2.46. The highest BCUT2D eigenvalue weighted by molar-refractivity contribution is 9.10. The highest BCUT2D eigenvalue weighted by Gasteiger charge is 2.30. The lowest BCUT2D eigenvalue weighted by atomic mass is 10.2. The molecule has 80 valence electrons. The zero-order chi connectivity index (χ0) is 11.0. The molecule has 0 radical (unpaired) electrons. The van der Waals surface area contributed by atoms with Crippen LogP contribution < -0.4 is 4.90 Å². The van der Waals surface area contributed by atoms with Gasteiger partial charge in [-0.15, -0.1) is 11.6 Å². The Morgan fingerprint density at radius 3 is 2.87 bits per heavy atom. The van der Waals surface area contributed by atoms with Crippen LogP contribution in [-0.4, -0.2) is 17.8 Å². The average molecular weight is 289 g/mol. The van der Waals surface area contributed by atoms with Crippen LogP contribution >= 0.6 is 27.5 Å². The van der Waals surface area contributed by atoms with E-state index in [0.29, 0.717) is 13.0 Å². The van der Waals surface area contributed by atoms with Gasteiger partial charge >= 0.3 is 0 Å². The molecule has 2 rings (SSSR count). The Morgan fingerprint density at radius 2 is 2.27 bits per heavy atom. The summed E-state index contributed by atoms with van der Waals surface area (Å²) in [6, 6.07) is 5.96. The van der Waals surface area contributed by atoms with Crippen LogP contribution in [0, 0.1) is 6.92 Å². The van der Waals surface area contributed by atoms with Gasteiger partial charge in [-0.25, -0.2) is 0 Å². The number of hydrogen-bond acceptors (Lipinski definition) is 1. The minimum atomic E-state index is -0.0649. The van der Waals surface area contributed by atoms with Gasteiger partial charge in [-0.3, -0.25) is 4.79 Å². The van der Waals surface area contributed by atoms with Crippen molar-refractivity contribution in [3.8, 4) is 0 Å². The molecular weight excluding hydrogens is 277 g/mol. The van der Waals surface area contributed by atoms with E-state index >= 15 is 0 Å². The number of halogens is 2. The van der Waals surface area contributed by atoms with Crippen molar-refractivity contribution in [2.24, 2.45) is 0 Å². The average Bonchev–Trinajstić information content (AvgIpc) is 2.50. The molecule has 0 N–H and O–H groups in total. The van der Waals surface area contributed by atoms with Crippen LogP contribution in [0.4, 0.5) is 5.69 Å². The van der Waals surface area contributed by atoms with Crippen molar-refractivity contribution in [3.05, 3.63) is 28.2 Å². The Kier molecular flexibility index (Phi) is 3.03. The molecule has 0 aliphatic carbocycles. The van der Waals surface area contributed by atoms with Gasteiger partial charge in [0.05, 0.1) is 11.1 Å². The topological polar surface area (TPSA) is 20.3 Å². The number of benzene rings is 1. The van der Waals surface area contributed by atoms with Gasteiger partial charge < -0.3 is 4.90 Å². The first-order valence-corrected chi connectivity index (χ1v) is 6.01. The predicted octanol–water partition coefficient (Wildman–Crippen LogP) is 3.10. The van der Waals surface area contributed by atoms with Gasteiger partial charge in [-0.1, -0.05) is 6.07 Å². The Hall–Kier alpha value is -0.540. The molecule has 15 heavy (non-hydrogen) atoms. The number of anilines is 1. The predicted molar refractivity (Wildman–Crippen MR) is 65.5 cm³/mol. The number of carbonyl (C=O) groups is 1. The number of hydrogen-bond donors (Lipinski definition) is 0. The van der Waals surface area contributed by atoms with Gasteiger partial charge in [-0.05, 0) is 40.5 Å². The third kappa shape index (κ3) is 2.18. The fourth-order valence-electron chi connectivity index (χ4n) is 1.73. The van der Waals surface area contributed by atoms with Crippen molar-refractivity contribution in [1.82, 2.24) is 0 Å². The number of aryl methyl sites for hydroxylation is 1. The standard InChI is InChI=1S/C11H11BrClNO/c1-7-2-3-9(12)10(4-7)14-6-8(13)5-11(14)15/h2-4,8H,5-6H2,1H3. The van der Waals surface area contributed by atoms with E-state index < -0.39 is 0 Å². The minimum Gasteiger partial charge on any atom is -0.310 e. The highest BCUT2D eigenvalue weighted by atomic mass is 79.9. The molecule has 1 fully saturated rings. The van der Waals surface area contributed by atoms with Gasteiger partial charge in [-0.2, -0.15) is 0 Å². The summed E-state index contributed by atoms with van der Waals surface area (Å²) in [5.74, 6) is 0.0984.